The van der Waals surface area contributed by atoms with Gasteiger partial charge in [-0.25, -0.2) is 4.52 Å². The first-order valence-corrected chi connectivity index (χ1v) is 5.89. The highest BCUT2D eigenvalue weighted by molar-refractivity contribution is 5.55. The fraction of sp³-hybridized carbons (Fsp3) is 0.143. The van der Waals surface area contributed by atoms with Crippen LogP contribution < -0.4 is 4.74 Å². The Kier molecular flexibility index (Phi) is 2.89. The van der Waals surface area contributed by atoms with Crippen LogP contribution in [0.25, 0.3) is 5.52 Å². The summed E-state index contributed by atoms with van der Waals surface area (Å²) in [4.78, 5) is 4.06. The SMILES string of the molecule is COc1cccc(C(O)c2cnn3ccncc23)c1. The first-order valence-electron chi connectivity index (χ1n) is 5.89. The van der Waals surface area contributed by atoms with Gasteiger partial charge in [-0.05, 0) is 17.7 Å². The number of rotatable bonds is 3. The minimum atomic E-state index is -0.753. The van der Waals surface area contributed by atoms with Crippen LogP contribution in [0, 0.1) is 0 Å². The van der Waals surface area contributed by atoms with E-state index in [1.165, 1.54) is 0 Å². The number of fused-ring (bicyclic) bond motifs is 1. The van der Waals surface area contributed by atoms with E-state index >= 15 is 0 Å². The Morgan fingerprint density at radius 2 is 2.21 bits per heavy atom. The van der Waals surface area contributed by atoms with Gasteiger partial charge in [-0.2, -0.15) is 5.10 Å². The van der Waals surface area contributed by atoms with Gasteiger partial charge in [0, 0.05) is 18.0 Å². The van der Waals surface area contributed by atoms with Crippen molar-refractivity contribution in [3.63, 3.8) is 0 Å². The summed E-state index contributed by atoms with van der Waals surface area (Å²) in [6.45, 7) is 0. The number of benzene rings is 1. The van der Waals surface area contributed by atoms with Crippen molar-refractivity contribution in [2.75, 3.05) is 7.11 Å². The lowest BCUT2D eigenvalue weighted by atomic mass is 10.0. The van der Waals surface area contributed by atoms with Crippen molar-refractivity contribution in [1.82, 2.24) is 14.6 Å². The second-order valence-corrected chi connectivity index (χ2v) is 4.19. The molecule has 3 rings (SSSR count). The second-order valence-electron chi connectivity index (χ2n) is 4.19. The van der Waals surface area contributed by atoms with E-state index in [9.17, 15) is 5.11 Å². The van der Waals surface area contributed by atoms with Crippen molar-refractivity contribution in [3.05, 3.63) is 60.2 Å². The molecule has 3 aromatic rings. The number of aliphatic hydroxyl groups excluding tert-OH is 1. The molecular weight excluding hydrogens is 242 g/mol. The average molecular weight is 255 g/mol. The van der Waals surface area contributed by atoms with Crippen LogP contribution in [-0.2, 0) is 0 Å². The molecule has 0 radical (unpaired) electrons. The van der Waals surface area contributed by atoms with Gasteiger partial charge in [-0.1, -0.05) is 12.1 Å². The number of ether oxygens (including phenoxy) is 1. The summed E-state index contributed by atoms with van der Waals surface area (Å²) in [5.74, 6) is 0.714. The Morgan fingerprint density at radius 3 is 3.05 bits per heavy atom. The fourth-order valence-corrected chi connectivity index (χ4v) is 2.05. The third kappa shape index (κ3) is 2.04. The Bertz CT molecular complexity index is 708. The van der Waals surface area contributed by atoms with E-state index in [1.807, 2.05) is 24.3 Å². The first-order chi connectivity index (χ1) is 9.29. The van der Waals surface area contributed by atoms with Crippen molar-refractivity contribution in [2.45, 2.75) is 6.10 Å². The minimum absolute atomic E-state index is 0.714. The maximum atomic E-state index is 10.5. The van der Waals surface area contributed by atoms with Gasteiger partial charge in [-0.3, -0.25) is 4.98 Å². The summed E-state index contributed by atoms with van der Waals surface area (Å²) in [6.07, 6.45) is 5.99. The van der Waals surface area contributed by atoms with E-state index < -0.39 is 6.10 Å². The third-order valence-corrected chi connectivity index (χ3v) is 3.06. The van der Waals surface area contributed by atoms with Crippen LogP contribution in [0.3, 0.4) is 0 Å². The summed E-state index contributed by atoms with van der Waals surface area (Å²) in [5, 5.41) is 14.7. The monoisotopic (exact) mass is 255 g/mol. The molecule has 0 saturated carbocycles. The highest BCUT2D eigenvalue weighted by Crippen LogP contribution is 2.27. The number of aromatic nitrogens is 3. The molecule has 5 nitrogen and oxygen atoms in total. The largest absolute Gasteiger partial charge is 0.497 e. The van der Waals surface area contributed by atoms with Crippen LogP contribution in [-0.4, -0.2) is 26.8 Å². The molecule has 96 valence electrons. The van der Waals surface area contributed by atoms with Gasteiger partial charge in [0.05, 0.1) is 25.0 Å². The first kappa shape index (κ1) is 11.7. The maximum Gasteiger partial charge on any atom is 0.119 e. The van der Waals surface area contributed by atoms with Crippen LogP contribution >= 0.6 is 0 Å². The maximum absolute atomic E-state index is 10.5. The molecule has 0 saturated heterocycles. The van der Waals surface area contributed by atoms with Gasteiger partial charge < -0.3 is 9.84 Å². The van der Waals surface area contributed by atoms with Crippen LogP contribution in [0.1, 0.15) is 17.2 Å². The quantitative estimate of drug-likeness (QED) is 0.775. The number of methoxy groups -OCH3 is 1. The Labute approximate surface area is 110 Å². The van der Waals surface area contributed by atoms with Crippen molar-refractivity contribution in [3.8, 4) is 5.75 Å². The van der Waals surface area contributed by atoms with E-state index in [2.05, 4.69) is 10.1 Å². The van der Waals surface area contributed by atoms with Crippen molar-refractivity contribution in [2.24, 2.45) is 0 Å². The topological polar surface area (TPSA) is 59.7 Å². The number of aliphatic hydroxyl groups is 1. The molecule has 0 aliphatic heterocycles. The molecule has 0 bridgehead atoms. The molecule has 1 unspecified atom stereocenters. The number of nitrogens with zero attached hydrogens (tertiary/aromatic N) is 3. The van der Waals surface area contributed by atoms with E-state index in [0.717, 1.165) is 16.6 Å². The zero-order chi connectivity index (χ0) is 13.2. The Morgan fingerprint density at radius 1 is 1.32 bits per heavy atom. The standard InChI is InChI=1S/C14H13N3O2/c1-19-11-4-2-3-10(7-11)14(18)12-8-16-17-6-5-15-9-13(12)17/h2-9,14,18H,1H3. The van der Waals surface area contributed by atoms with Gasteiger partial charge in [0.25, 0.3) is 0 Å². The molecule has 1 atom stereocenters. The van der Waals surface area contributed by atoms with Gasteiger partial charge in [0.2, 0.25) is 0 Å². The number of hydrogen-bond donors (Lipinski definition) is 1. The molecule has 0 aliphatic rings. The lowest BCUT2D eigenvalue weighted by Crippen LogP contribution is -2.00. The van der Waals surface area contributed by atoms with Gasteiger partial charge in [-0.15, -0.1) is 0 Å². The van der Waals surface area contributed by atoms with Gasteiger partial charge >= 0.3 is 0 Å². The smallest absolute Gasteiger partial charge is 0.119 e. The molecule has 19 heavy (non-hydrogen) atoms. The molecule has 0 fully saturated rings. The van der Waals surface area contributed by atoms with Crippen LogP contribution in [0.15, 0.2) is 49.1 Å². The van der Waals surface area contributed by atoms with Crippen LogP contribution in [0.2, 0.25) is 0 Å². The molecule has 1 N–H and O–H groups in total. The van der Waals surface area contributed by atoms with Crippen LogP contribution in [0.5, 0.6) is 5.75 Å². The summed E-state index contributed by atoms with van der Waals surface area (Å²) >= 11 is 0. The molecule has 0 aliphatic carbocycles. The molecule has 0 amide bonds. The normalized spacial score (nSPS) is 12.5. The van der Waals surface area contributed by atoms with E-state index in [1.54, 1.807) is 36.4 Å². The fourth-order valence-electron chi connectivity index (χ4n) is 2.05. The molecular formula is C14H13N3O2. The lowest BCUT2D eigenvalue weighted by molar-refractivity contribution is 0.221. The summed E-state index contributed by atoms with van der Waals surface area (Å²) in [6, 6.07) is 7.35. The van der Waals surface area contributed by atoms with E-state index in [-0.39, 0.29) is 0 Å². The zero-order valence-corrected chi connectivity index (χ0v) is 10.4. The molecule has 0 spiro atoms. The van der Waals surface area contributed by atoms with Crippen LogP contribution in [0.4, 0.5) is 0 Å². The summed E-state index contributed by atoms with van der Waals surface area (Å²) in [5.41, 5.74) is 2.28. The molecule has 2 heterocycles. The second kappa shape index (κ2) is 4.70. The third-order valence-electron chi connectivity index (χ3n) is 3.06. The summed E-state index contributed by atoms with van der Waals surface area (Å²) < 4.78 is 6.85. The minimum Gasteiger partial charge on any atom is -0.497 e. The van der Waals surface area contributed by atoms with E-state index in [0.29, 0.717) is 5.75 Å². The predicted octanol–water partition coefficient (Wildman–Crippen LogP) is 1.82. The molecule has 1 aromatic carbocycles. The van der Waals surface area contributed by atoms with Crippen molar-refractivity contribution in [1.29, 1.82) is 0 Å². The summed E-state index contributed by atoms with van der Waals surface area (Å²) in [7, 11) is 1.60. The van der Waals surface area contributed by atoms with E-state index in [4.69, 9.17) is 4.74 Å². The highest BCUT2D eigenvalue weighted by Gasteiger charge is 2.16. The number of hydrogen-bond acceptors (Lipinski definition) is 4. The average Bonchev–Trinajstić information content (AvgIpc) is 2.90. The van der Waals surface area contributed by atoms with Gasteiger partial charge in [0.15, 0.2) is 0 Å². The Balaban J connectivity index is 2.05. The Hall–Kier alpha value is -2.40. The van der Waals surface area contributed by atoms with Crippen molar-refractivity contribution < 1.29 is 9.84 Å². The van der Waals surface area contributed by atoms with Crippen molar-refractivity contribution >= 4 is 5.52 Å². The highest BCUT2D eigenvalue weighted by atomic mass is 16.5. The lowest BCUT2D eigenvalue weighted by Gasteiger charge is -2.11. The zero-order valence-electron chi connectivity index (χ0n) is 10.4. The molecule has 2 aromatic heterocycles. The van der Waals surface area contributed by atoms with Gasteiger partial charge in [0.1, 0.15) is 11.9 Å². The molecule has 5 heteroatoms. The predicted molar refractivity (Wildman–Crippen MR) is 70.0 cm³/mol.